The Morgan fingerprint density at radius 2 is 1.42 bits per heavy atom. The molecule has 2 saturated heterocycles. The predicted octanol–water partition coefficient (Wildman–Crippen LogP) is -2.41. The summed E-state index contributed by atoms with van der Waals surface area (Å²) in [6, 6.07) is 5.96. The highest BCUT2D eigenvalue weighted by molar-refractivity contribution is 5.88. The molecule has 0 saturated carbocycles. The van der Waals surface area contributed by atoms with Crippen molar-refractivity contribution in [3.8, 4) is 40.1 Å². The molecule has 0 aliphatic carbocycles. The maximum atomic E-state index is 12.9. The van der Waals surface area contributed by atoms with Gasteiger partial charge in [0.15, 0.2) is 23.5 Å². The van der Waals surface area contributed by atoms with Crippen LogP contribution in [0.25, 0.3) is 22.3 Å². The molecule has 10 atom stereocenters. The van der Waals surface area contributed by atoms with Gasteiger partial charge in [0, 0.05) is 17.7 Å². The summed E-state index contributed by atoms with van der Waals surface area (Å²) in [5.74, 6) is -2.31. The molecule has 17 nitrogen and oxygen atoms in total. The van der Waals surface area contributed by atoms with Gasteiger partial charge in [-0.15, -0.1) is 0 Å². The van der Waals surface area contributed by atoms with Gasteiger partial charge in [-0.2, -0.15) is 0 Å². The van der Waals surface area contributed by atoms with Crippen LogP contribution in [0, 0.1) is 0 Å². The van der Waals surface area contributed by atoms with Crippen molar-refractivity contribution in [2.24, 2.45) is 0 Å². The number of aliphatic hydroxyl groups is 7. The summed E-state index contributed by atoms with van der Waals surface area (Å²) >= 11 is 0. The summed E-state index contributed by atoms with van der Waals surface area (Å²) in [5, 5.41) is 102. The summed E-state index contributed by atoms with van der Waals surface area (Å²) in [7, 11) is 1.29. The van der Waals surface area contributed by atoms with E-state index >= 15 is 0 Å². The molecule has 17 heteroatoms. The van der Waals surface area contributed by atoms with Gasteiger partial charge >= 0.3 is 0 Å². The molecule has 1 aromatic heterocycles. The molecule has 2 aliphatic rings. The first kappa shape index (κ1) is 32.6. The smallest absolute Gasteiger partial charge is 0.238 e. The van der Waals surface area contributed by atoms with E-state index in [2.05, 4.69) is 0 Å². The Hall–Kier alpha value is -3.75. The first-order valence-electron chi connectivity index (χ1n) is 13.5. The zero-order chi connectivity index (χ0) is 32.7. The number of ether oxygens (including phenoxy) is 5. The number of hydrogen-bond donors (Lipinski definition) is 10. The Labute approximate surface area is 252 Å². The van der Waals surface area contributed by atoms with Crippen LogP contribution in [-0.2, 0) is 14.2 Å². The van der Waals surface area contributed by atoms with Crippen LogP contribution < -0.4 is 14.9 Å². The third kappa shape index (κ3) is 6.10. The molecular weight excluding hydrogens is 608 g/mol. The second-order valence-electron chi connectivity index (χ2n) is 10.5. The maximum absolute atomic E-state index is 12.9. The van der Waals surface area contributed by atoms with E-state index in [-0.39, 0.29) is 34.2 Å². The lowest BCUT2D eigenvalue weighted by Crippen LogP contribution is -2.62. The number of rotatable bonds is 8. The third-order valence-electron chi connectivity index (χ3n) is 7.56. The zero-order valence-corrected chi connectivity index (χ0v) is 23.4. The Morgan fingerprint density at radius 1 is 0.778 bits per heavy atom. The van der Waals surface area contributed by atoms with Crippen molar-refractivity contribution in [3.63, 3.8) is 0 Å². The van der Waals surface area contributed by atoms with E-state index in [1.165, 1.54) is 25.3 Å². The molecule has 5 rings (SSSR count). The van der Waals surface area contributed by atoms with E-state index in [0.717, 1.165) is 12.1 Å². The number of fused-ring (bicyclic) bond motifs is 1. The van der Waals surface area contributed by atoms with Crippen LogP contribution in [0.4, 0.5) is 0 Å². The molecule has 3 aromatic rings. The standard InChI is InChI=1S/C28H32O17/c1-40-13-4-9(2-3-11(13)30)26-23(37)20(34)17-12(31)5-10(6-14(17)43-26)42-28-25(39)22(36)19(33)16(45-28)8-41-27-24(38)21(35)18(32)15(7-29)44-27/h2-6,15-16,18-19,21-22,24-25,27-33,35-39H,7-8H2,1H3. The van der Waals surface area contributed by atoms with E-state index in [4.69, 9.17) is 28.1 Å². The van der Waals surface area contributed by atoms with Gasteiger partial charge in [0.1, 0.15) is 71.3 Å². The largest absolute Gasteiger partial charge is 0.507 e. The van der Waals surface area contributed by atoms with Crippen molar-refractivity contribution in [2.45, 2.75) is 61.4 Å². The lowest BCUT2D eigenvalue weighted by Gasteiger charge is -2.42. The maximum Gasteiger partial charge on any atom is 0.238 e. The van der Waals surface area contributed by atoms with Crippen LogP contribution in [0.5, 0.6) is 28.7 Å². The molecule has 246 valence electrons. The van der Waals surface area contributed by atoms with Gasteiger partial charge in [-0.1, -0.05) is 0 Å². The molecule has 0 radical (unpaired) electrons. The molecular formula is C28H32O17. The Bertz CT molecular complexity index is 1570. The van der Waals surface area contributed by atoms with Crippen molar-refractivity contribution < 1.29 is 79.2 Å². The lowest BCUT2D eigenvalue weighted by molar-refractivity contribution is -0.323. The van der Waals surface area contributed by atoms with Crippen molar-refractivity contribution in [2.75, 3.05) is 20.3 Å². The number of benzene rings is 2. The molecule has 0 bridgehead atoms. The Balaban J connectivity index is 1.39. The monoisotopic (exact) mass is 640 g/mol. The van der Waals surface area contributed by atoms with Gasteiger partial charge in [0.05, 0.1) is 20.3 Å². The topological polar surface area (TPSA) is 279 Å². The fourth-order valence-corrected chi connectivity index (χ4v) is 5.03. The molecule has 45 heavy (non-hydrogen) atoms. The quantitative estimate of drug-likeness (QED) is 0.123. The average molecular weight is 641 g/mol. The van der Waals surface area contributed by atoms with E-state index in [1.54, 1.807) is 0 Å². The summed E-state index contributed by atoms with van der Waals surface area (Å²) < 4.78 is 32.6. The fourth-order valence-electron chi connectivity index (χ4n) is 5.03. The highest BCUT2D eigenvalue weighted by Crippen LogP contribution is 2.39. The van der Waals surface area contributed by atoms with Crippen LogP contribution in [0.3, 0.4) is 0 Å². The van der Waals surface area contributed by atoms with Gasteiger partial charge < -0.3 is 79.2 Å². The van der Waals surface area contributed by atoms with Crippen LogP contribution in [0.15, 0.2) is 39.5 Å². The fraction of sp³-hybridized carbons (Fsp3) is 0.464. The van der Waals surface area contributed by atoms with E-state index in [0.29, 0.717) is 0 Å². The molecule has 0 amide bonds. The van der Waals surface area contributed by atoms with E-state index < -0.39 is 96.9 Å². The van der Waals surface area contributed by atoms with Crippen molar-refractivity contribution >= 4 is 11.0 Å². The highest BCUT2D eigenvalue weighted by Gasteiger charge is 2.48. The number of phenolic OH excluding ortho intramolecular Hbond substituents is 2. The normalized spacial score (nSPS) is 32.0. The van der Waals surface area contributed by atoms with Gasteiger partial charge in [0.25, 0.3) is 0 Å². The van der Waals surface area contributed by atoms with Crippen molar-refractivity contribution in [3.05, 3.63) is 40.6 Å². The van der Waals surface area contributed by atoms with Crippen LogP contribution in [-0.4, -0.2) is 133 Å². The van der Waals surface area contributed by atoms with Crippen LogP contribution in [0.1, 0.15) is 0 Å². The van der Waals surface area contributed by atoms with Gasteiger partial charge in [0.2, 0.25) is 17.5 Å². The van der Waals surface area contributed by atoms with Gasteiger partial charge in [-0.25, -0.2) is 0 Å². The minimum absolute atomic E-state index is 0.0174. The van der Waals surface area contributed by atoms with Crippen molar-refractivity contribution in [1.29, 1.82) is 0 Å². The first-order valence-corrected chi connectivity index (χ1v) is 13.5. The Morgan fingerprint density at radius 3 is 2.09 bits per heavy atom. The van der Waals surface area contributed by atoms with E-state index in [9.17, 15) is 55.9 Å². The second kappa shape index (κ2) is 12.9. The molecule has 10 N–H and O–H groups in total. The summed E-state index contributed by atoms with van der Waals surface area (Å²) in [6.45, 7) is -1.32. The second-order valence-corrected chi connectivity index (χ2v) is 10.5. The molecule has 2 aliphatic heterocycles. The number of hydrogen-bond acceptors (Lipinski definition) is 17. The molecule has 2 fully saturated rings. The van der Waals surface area contributed by atoms with Crippen molar-refractivity contribution in [1.82, 2.24) is 0 Å². The highest BCUT2D eigenvalue weighted by atomic mass is 16.7. The SMILES string of the molecule is COc1cc(-c2oc3cc(OC4OC(COC5OC(CO)C(O)C(O)C5O)C(O)C(O)C4O)cc(O)c3c(=O)c2O)ccc1O. The molecule has 10 unspecified atom stereocenters. The molecule has 3 heterocycles. The average Bonchev–Trinajstić information content (AvgIpc) is 3.02. The number of aliphatic hydroxyl groups excluding tert-OH is 7. The van der Waals surface area contributed by atoms with Crippen LogP contribution in [0.2, 0.25) is 0 Å². The number of phenols is 2. The molecule has 2 aromatic carbocycles. The number of methoxy groups -OCH3 is 1. The predicted molar refractivity (Wildman–Crippen MR) is 146 cm³/mol. The number of aromatic hydroxyl groups is 3. The minimum Gasteiger partial charge on any atom is -0.507 e. The zero-order valence-electron chi connectivity index (χ0n) is 23.4. The van der Waals surface area contributed by atoms with E-state index in [1.807, 2.05) is 0 Å². The minimum atomic E-state index is -1.85. The Kier molecular flexibility index (Phi) is 9.38. The third-order valence-corrected chi connectivity index (χ3v) is 7.56. The lowest BCUT2D eigenvalue weighted by atomic mass is 9.98. The van der Waals surface area contributed by atoms with Gasteiger partial charge in [-0.3, -0.25) is 4.79 Å². The summed E-state index contributed by atoms with van der Waals surface area (Å²) in [5.41, 5.74) is -1.14. The molecule has 0 spiro atoms. The summed E-state index contributed by atoms with van der Waals surface area (Å²) in [4.78, 5) is 12.9. The van der Waals surface area contributed by atoms with Crippen LogP contribution >= 0.6 is 0 Å². The van der Waals surface area contributed by atoms with Gasteiger partial charge in [-0.05, 0) is 18.2 Å². The summed E-state index contributed by atoms with van der Waals surface area (Å²) in [6.07, 6.45) is -16.6. The first-order chi connectivity index (χ1) is 21.4.